The maximum atomic E-state index is 11.3. The molecule has 0 bridgehead atoms. The summed E-state index contributed by atoms with van der Waals surface area (Å²) in [6.07, 6.45) is 5.77. The first-order chi connectivity index (χ1) is 14.0. The van der Waals surface area contributed by atoms with Gasteiger partial charge in [-0.2, -0.15) is 0 Å². The molecule has 0 saturated carbocycles. The van der Waals surface area contributed by atoms with Gasteiger partial charge in [-0.15, -0.1) is 0 Å². The second-order valence-corrected chi connectivity index (χ2v) is 5.60. The van der Waals surface area contributed by atoms with Crippen LogP contribution in [-0.2, 0) is 4.79 Å². The smallest absolute Gasteiger partial charge is 0.262 e. The van der Waals surface area contributed by atoms with Crippen molar-refractivity contribution < 1.29 is 15.0 Å². The molecule has 0 saturated heterocycles. The summed E-state index contributed by atoms with van der Waals surface area (Å²) in [5.74, 6) is -0.166. The number of pyridine rings is 1. The normalized spacial score (nSPS) is 9.07. The summed E-state index contributed by atoms with van der Waals surface area (Å²) in [5.41, 5.74) is 4.04. The minimum Gasteiger partial charge on any atom is -0.400 e. The molecule has 2 aromatic rings. The number of nitrogens with one attached hydrogen (secondary N) is 1. The van der Waals surface area contributed by atoms with Crippen LogP contribution in [0.4, 0.5) is 5.69 Å². The first-order valence-electron chi connectivity index (χ1n) is 9.46. The summed E-state index contributed by atoms with van der Waals surface area (Å²) < 4.78 is 0. The summed E-state index contributed by atoms with van der Waals surface area (Å²) in [6, 6.07) is 11.6. The molecule has 0 radical (unpaired) electrons. The lowest BCUT2D eigenvalue weighted by molar-refractivity contribution is -0.114. The van der Waals surface area contributed by atoms with Gasteiger partial charge in [0, 0.05) is 32.2 Å². The van der Waals surface area contributed by atoms with Crippen molar-refractivity contribution in [3.63, 3.8) is 0 Å². The molecule has 1 amide bonds. The van der Waals surface area contributed by atoms with Gasteiger partial charge in [0.15, 0.2) is 0 Å². The average Bonchev–Trinajstić information content (AvgIpc) is 2.73. The minimum absolute atomic E-state index is 0.166. The van der Waals surface area contributed by atoms with Gasteiger partial charge >= 0.3 is 0 Å². The first-order valence-corrected chi connectivity index (χ1v) is 9.46. The molecule has 0 unspecified atom stereocenters. The van der Waals surface area contributed by atoms with Crippen molar-refractivity contribution in [1.82, 2.24) is 10.3 Å². The van der Waals surface area contributed by atoms with Crippen LogP contribution in [0.1, 0.15) is 37.1 Å². The lowest BCUT2D eigenvalue weighted by atomic mass is 10.2. The van der Waals surface area contributed by atoms with Gasteiger partial charge in [-0.1, -0.05) is 37.8 Å². The van der Waals surface area contributed by atoms with E-state index in [4.69, 9.17) is 10.2 Å². The van der Waals surface area contributed by atoms with Crippen LogP contribution in [0.5, 0.6) is 0 Å². The molecule has 6 nitrogen and oxygen atoms in total. The molecule has 29 heavy (non-hydrogen) atoms. The fourth-order valence-corrected chi connectivity index (χ4v) is 1.89. The Morgan fingerprint density at radius 3 is 2.31 bits per heavy atom. The molecule has 0 spiro atoms. The van der Waals surface area contributed by atoms with Gasteiger partial charge in [0.05, 0.1) is 11.9 Å². The number of aliphatic hydroxyl groups excluding tert-OH is 2. The summed E-state index contributed by atoms with van der Waals surface area (Å²) >= 11 is 0. The maximum absolute atomic E-state index is 11.3. The second kappa shape index (κ2) is 19.9. The standard InChI is InChI=1S/C13H16N2O.C7H9N.C2H6O.CH4O/c1-3-9-14-13(16)10-15-12-8-6-5-7-11(12)4-2;1-6-3-4-8-7(2)5-6;1-2-3;1-2/h4-8,10H,2-3,9H2,1H3,(H,14,16);3-5H,1-2H3;3H,2H2,1H3;2H,1H3. The molecule has 3 N–H and O–H groups in total. The molecule has 6 heteroatoms. The van der Waals surface area contributed by atoms with E-state index in [1.54, 1.807) is 13.0 Å². The van der Waals surface area contributed by atoms with Gasteiger partial charge in [-0.05, 0) is 56.5 Å². The number of rotatable bonds is 5. The SMILES string of the molecule is C=Cc1ccccc1N=CC(=O)NCCC.CCO.CO.Cc1ccnc(C)c1. The molecule has 0 aliphatic carbocycles. The Morgan fingerprint density at radius 1 is 1.21 bits per heavy atom. The van der Waals surface area contributed by atoms with Crippen LogP contribution in [0.3, 0.4) is 0 Å². The molecular formula is C23H35N3O3. The average molecular weight is 402 g/mol. The summed E-state index contributed by atoms with van der Waals surface area (Å²) in [4.78, 5) is 19.5. The highest BCUT2D eigenvalue weighted by Gasteiger charge is 1.97. The van der Waals surface area contributed by atoms with Gasteiger partial charge in [0.2, 0.25) is 0 Å². The third-order valence-electron chi connectivity index (χ3n) is 3.08. The molecule has 1 heterocycles. The Balaban J connectivity index is 0. The maximum Gasteiger partial charge on any atom is 0.262 e. The molecule has 160 valence electrons. The van der Waals surface area contributed by atoms with Crippen LogP contribution in [0.2, 0.25) is 0 Å². The highest BCUT2D eigenvalue weighted by atomic mass is 16.2. The predicted octanol–water partition coefficient (Wildman–Crippen LogP) is 3.86. The molecule has 0 fully saturated rings. The fourth-order valence-electron chi connectivity index (χ4n) is 1.89. The number of aliphatic imine (C=N–C) groups is 1. The van der Waals surface area contributed by atoms with Crippen molar-refractivity contribution >= 4 is 23.9 Å². The number of nitrogens with zero attached hydrogens (tertiary/aromatic N) is 2. The molecular weight excluding hydrogens is 366 g/mol. The minimum atomic E-state index is -0.166. The van der Waals surface area contributed by atoms with Crippen LogP contribution in [0.25, 0.3) is 6.08 Å². The highest BCUT2D eigenvalue weighted by molar-refractivity contribution is 6.26. The van der Waals surface area contributed by atoms with E-state index in [9.17, 15) is 4.79 Å². The van der Waals surface area contributed by atoms with Crippen LogP contribution >= 0.6 is 0 Å². The number of aryl methyl sites for hydroxylation is 2. The van der Waals surface area contributed by atoms with E-state index in [1.807, 2.05) is 50.4 Å². The van der Waals surface area contributed by atoms with E-state index in [0.717, 1.165) is 30.5 Å². The van der Waals surface area contributed by atoms with Gasteiger partial charge < -0.3 is 15.5 Å². The first kappa shape index (κ1) is 28.4. The topological polar surface area (TPSA) is 94.8 Å². The number of amides is 1. The van der Waals surface area contributed by atoms with Crippen LogP contribution < -0.4 is 5.32 Å². The summed E-state index contributed by atoms with van der Waals surface area (Å²) in [5, 5.41) is 17.3. The van der Waals surface area contributed by atoms with Crippen molar-refractivity contribution in [3.05, 3.63) is 66.0 Å². The zero-order valence-corrected chi connectivity index (χ0v) is 18.2. The van der Waals surface area contributed by atoms with Crippen molar-refractivity contribution in [2.45, 2.75) is 34.1 Å². The number of hydrogen-bond acceptors (Lipinski definition) is 5. The van der Waals surface area contributed by atoms with Crippen LogP contribution in [0, 0.1) is 13.8 Å². The molecule has 0 atom stereocenters. The highest BCUT2D eigenvalue weighted by Crippen LogP contribution is 2.18. The number of carbonyl (C=O) groups excluding carboxylic acids is 1. The number of aromatic nitrogens is 1. The number of aliphatic hydroxyl groups is 2. The lowest BCUT2D eigenvalue weighted by Crippen LogP contribution is -2.24. The molecule has 1 aromatic carbocycles. The van der Waals surface area contributed by atoms with Crippen LogP contribution in [0.15, 0.2) is 54.2 Å². The summed E-state index contributed by atoms with van der Waals surface area (Å²) in [7, 11) is 1.00. The quantitative estimate of drug-likeness (QED) is 0.663. The van der Waals surface area contributed by atoms with Gasteiger partial charge in [0.1, 0.15) is 0 Å². The van der Waals surface area contributed by atoms with Gasteiger partial charge in [0.25, 0.3) is 5.91 Å². The Kier molecular flexibility index (Phi) is 19.5. The predicted molar refractivity (Wildman–Crippen MR) is 123 cm³/mol. The second-order valence-electron chi connectivity index (χ2n) is 5.60. The zero-order valence-electron chi connectivity index (χ0n) is 18.2. The Hall–Kier alpha value is -2.83. The number of para-hydroxylation sites is 1. The van der Waals surface area contributed by atoms with E-state index in [1.165, 1.54) is 11.8 Å². The van der Waals surface area contributed by atoms with Gasteiger partial charge in [-0.25, -0.2) is 0 Å². The number of benzene rings is 1. The van der Waals surface area contributed by atoms with E-state index in [2.05, 4.69) is 34.9 Å². The lowest BCUT2D eigenvalue weighted by Gasteiger charge is -2.00. The Labute approximate surface area is 175 Å². The molecule has 2 rings (SSSR count). The monoisotopic (exact) mass is 401 g/mol. The van der Waals surface area contributed by atoms with Crippen molar-refractivity contribution in [3.8, 4) is 0 Å². The van der Waals surface area contributed by atoms with Crippen molar-refractivity contribution in [2.24, 2.45) is 4.99 Å². The van der Waals surface area contributed by atoms with E-state index in [-0.39, 0.29) is 12.5 Å². The van der Waals surface area contributed by atoms with E-state index < -0.39 is 0 Å². The Morgan fingerprint density at radius 2 is 1.83 bits per heavy atom. The molecule has 0 aliphatic heterocycles. The third-order valence-corrected chi connectivity index (χ3v) is 3.08. The van der Waals surface area contributed by atoms with Crippen molar-refractivity contribution in [2.75, 3.05) is 20.3 Å². The molecule has 0 aliphatic rings. The van der Waals surface area contributed by atoms with Gasteiger partial charge in [-0.3, -0.25) is 14.8 Å². The zero-order chi connectivity index (χ0) is 22.5. The number of carbonyl (C=O) groups is 1. The van der Waals surface area contributed by atoms with Crippen molar-refractivity contribution in [1.29, 1.82) is 0 Å². The van der Waals surface area contributed by atoms with Crippen LogP contribution in [-0.4, -0.2) is 47.6 Å². The Bertz CT molecular complexity index is 699. The summed E-state index contributed by atoms with van der Waals surface area (Å²) in [6.45, 7) is 12.4. The fraction of sp³-hybridized carbons (Fsp3) is 0.348. The largest absolute Gasteiger partial charge is 0.400 e. The third kappa shape index (κ3) is 15.9. The number of hydrogen-bond donors (Lipinski definition) is 3. The molecule has 1 aromatic heterocycles. The van der Waals surface area contributed by atoms with E-state index in [0.29, 0.717) is 6.54 Å². The van der Waals surface area contributed by atoms with E-state index >= 15 is 0 Å².